The highest BCUT2D eigenvalue weighted by Crippen LogP contribution is 2.16. The Labute approximate surface area is 121 Å². The lowest BCUT2D eigenvalue weighted by atomic mass is 10.4. The predicted molar refractivity (Wildman–Crippen MR) is 69.1 cm³/mol. The number of cyclic esters (lactones) is 1. The molecule has 2 heterocycles. The summed E-state index contributed by atoms with van der Waals surface area (Å²) in [4.78, 5) is 24.3. The van der Waals surface area contributed by atoms with Crippen molar-refractivity contribution in [2.45, 2.75) is 26.7 Å². The Balaban J connectivity index is 1.98. The van der Waals surface area contributed by atoms with Crippen LogP contribution in [0.2, 0.25) is 0 Å². The highest BCUT2D eigenvalue weighted by atomic mass is 16.7. The maximum absolute atomic E-state index is 11.9. The molecule has 0 N–H and O–H groups in total. The first kappa shape index (κ1) is 15.4. The maximum atomic E-state index is 11.9. The second kappa shape index (κ2) is 7.14. The van der Waals surface area contributed by atoms with Crippen molar-refractivity contribution in [3.63, 3.8) is 0 Å². The van der Waals surface area contributed by atoms with Gasteiger partial charge in [0.25, 0.3) is 5.91 Å². The first-order chi connectivity index (χ1) is 10.2. The minimum Gasteiger partial charge on any atom is -0.447 e. The summed E-state index contributed by atoms with van der Waals surface area (Å²) >= 11 is 0. The van der Waals surface area contributed by atoms with E-state index in [2.05, 4.69) is 10.3 Å². The first-order valence-corrected chi connectivity index (χ1v) is 6.76. The van der Waals surface area contributed by atoms with Crippen molar-refractivity contribution >= 4 is 12.0 Å². The lowest BCUT2D eigenvalue weighted by Gasteiger charge is -2.13. The second-order valence-electron chi connectivity index (χ2n) is 4.24. The van der Waals surface area contributed by atoms with E-state index in [-0.39, 0.29) is 19.7 Å². The van der Waals surface area contributed by atoms with E-state index < -0.39 is 18.3 Å². The summed E-state index contributed by atoms with van der Waals surface area (Å²) in [6, 6.07) is 0. The monoisotopic (exact) mass is 298 g/mol. The summed E-state index contributed by atoms with van der Waals surface area (Å²) in [5.74, 6) is -0.390. The van der Waals surface area contributed by atoms with Crippen LogP contribution in [0.5, 0.6) is 0 Å². The second-order valence-corrected chi connectivity index (χ2v) is 4.24. The van der Waals surface area contributed by atoms with E-state index in [4.69, 9.17) is 14.2 Å². The quantitative estimate of drug-likeness (QED) is 0.669. The highest BCUT2D eigenvalue weighted by molar-refractivity contribution is 5.92. The smallest absolute Gasteiger partial charge is 0.416 e. The molecule has 9 heteroatoms. The van der Waals surface area contributed by atoms with Crippen LogP contribution in [0.4, 0.5) is 4.79 Å². The number of ether oxygens (including phenoxy) is 3. The van der Waals surface area contributed by atoms with Gasteiger partial charge < -0.3 is 14.2 Å². The number of carbonyl (C=O) groups excluding carboxylic acids is 2. The third-order valence-corrected chi connectivity index (χ3v) is 2.79. The van der Waals surface area contributed by atoms with Gasteiger partial charge in [0.1, 0.15) is 18.8 Å². The van der Waals surface area contributed by atoms with Crippen LogP contribution in [-0.2, 0) is 25.5 Å². The van der Waals surface area contributed by atoms with Crippen LogP contribution in [-0.4, -0.2) is 58.3 Å². The van der Waals surface area contributed by atoms with Gasteiger partial charge in [0.2, 0.25) is 6.29 Å². The molecule has 1 aliphatic rings. The number of nitrogens with zero attached hydrogens (tertiary/aromatic N) is 4. The third kappa shape index (κ3) is 3.76. The normalized spacial score (nSPS) is 14.8. The summed E-state index contributed by atoms with van der Waals surface area (Å²) in [7, 11) is 0. The van der Waals surface area contributed by atoms with E-state index in [1.165, 1.54) is 4.68 Å². The van der Waals surface area contributed by atoms with E-state index in [9.17, 15) is 9.59 Å². The van der Waals surface area contributed by atoms with Gasteiger partial charge in [0.15, 0.2) is 0 Å². The molecule has 1 aromatic rings. The Bertz CT molecular complexity index is 498. The lowest BCUT2D eigenvalue weighted by molar-refractivity contribution is -0.142. The molecule has 0 radical (unpaired) electrons. The zero-order valence-electron chi connectivity index (χ0n) is 12.0. The summed E-state index contributed by atoms with van der Waals surface area (Å²) in [5, 5.41) is 7.77. The molecule has 0 aliphatic carbocycles. The Morgan fingerprint density at radius 2 is 2.14 bits per heavy atom. The molecule has 116 valence electrons. The van der Waals surface area contributed by atoms with Crippen LogP contribution in [0.1, 0.15) is 25.8 Å². The van der Waals surface area contributed by atoms with E-state index in [1.54, 1.807) is 6.20 Å². The van der Waals surface area contributed by atoms with Crippen molar-refractivity contribution in [3.8, 4) is 0 Å². The van der Waals surface area contributed by atoms with E-state index >= 15 is 0 Å². The van der Waals surface area contributed by atoms with E-state index in [0.29, 0.717) is 18.9 Å². The van der Waals surface area contributed by atoms with Gasteiger partial charge in [-0.05, 0) is 13.8 Å². The van der Waals surface area contributed by atoms with Crippen LogP contribution < -0.4 is 0 Å². The molecule has 0 spiro atoms. The molecule has 21 heavy (non-hydrogen) atoms. The Morgan fingerprint density at radius 3 is 2.71 bits per heavy atom. The number of imide groups is 1. The maximum Gasteiger partial charge on any atom is 0.416 e. The van der Waals surface area contributed by atoms with Crippen LogP contribution in [0.25, 0.3) is 0 Å². The Kier molecular flexibility index (Phi) is 5.23. The number of hydrogen-bond donors (Lipinski definition) is 0. The van der Waals surface area contributed by atoms with Crippen LogP contribution in [0, 0.1) is 0 Å². The van der Waals surface area contributed by atoms with Gasteiger partial charge in [-0.2, -0.15) is 0 Å². The van der Waals surface area contributed by atoms with E-state index in [0.717, 1.165) is 4.90 Å². The summed E-state index contributed by atoms with van der Waals surface area (Å²) in [5.41, 5.74) is 0.482. The van der Waals surface area contributed by atoms with Crippen molar-refractivity contribution in [1.82, 2.24) is 19.9 Å². The van der Waals surface area contributed by atoms with Crippen molar-refractivity contribution in [2.75, 3.05) is 26.4 Å². The molecule has 2 rings (SSSR count). The minimum atomic E-state index is -0.623. The van der Waals surface area contributed by atoms with Gasteiger partial charge in [0, 0.05) is 13.2 Å². The van der Waals surface area contributed by atoms with Crippen molar-refractivity contribution in [1.29, 1.82) is 0 Å². The van der Waals surface area contributed by atoms with Crippen molar-refractivity contribution in [3.05, 3.63) is 11.9 Å². The van der Waals surface area contributed by atoms with Gasteiger partial charge >= 0.3 is 6.09 Å². The van der Waals surface area contributed by atoms with Crippen molar-refractivity contribution in [2.24, 2.45) is 0 Å². The summed E-state index contributed by atoms with van der Waals surface area (Å²) in [6.45, 7) is 5.03. The molecule has 0 saturated carbocycles. The minimum absolute atomic E-state index is 0.0902. The molecule has 1 fully saturated rings. The average Bonchev–Trinajstić information content (AvgIpc) is 3.07. The molecule has 1 aliphatic heterocycles. The highest BCUT2D eigenvalue weighted by Gasteiger charge is 2.28. The van der Waals surface area contributed by atoms with Crippen molar-refractivity contribution < 1.29 is 23.8 Å². The van der Waals surface area contributed by atoms with Crippen LogP contribution in [0.3, 0.4) is 0 Å². The van der Waals surface area contributed by atoms with Crippen LogP contribution >= 0.6 is 0 Å². The Hall–Kier alpha value is -2.00. The largest absolute Gasteiger partial charge is 0.447 e. The standard InChI is InChI=1S/C12H18N4O5/c1-3-19-11(20-4-2)9-7-15(14-13-9)8-10(17)16-5-6-21-12(16)18/h7,11H,3-6,8H2,1-2H3. The van der Waals surface area contributed by atoms with Crippen LogP contribution in [0.15, 0.2) is 6.20 Å². The topological polar surface area (TPSA) is 95.8 Å². The molecular formula is C12H18N4O5. The molecule has 1 aromatic heterocycles. The van der Waals surface area contributed by atoms with Gasteiger partial charge in [-0.1, -0.05) is 5.21 Å². The molecule has 0 atom stereocenters. The molecule has 0 bridgehead atoms. The fraction of sp³-hybridized carbons (Fsp3) is 0.667. The van der Waals surface area contributed by atoms with Gasteiger partial charge in [-0.3, -0.25) is 4.79 Å². The fourth-order valence-corrected chi connectivity index (χ4v) is 1.86. The zero-order valence-corrected chi connectivity index (χ0v) is 12.0. The molecule has 1 saturated heterocycles. The Morgan fingerprint density at radius 1 is 1.43 bits per heavy atom. The number of amides is 2. The average molecular weight is 298 g/mol. The fourth-order valence-electron chi connectivity index (χ4n) is 1.86. The molecule has 9 nitrogen and oxygen atoms in total. The molecule has 0 aromatic carbocycles. The lowest BCUT2D eigenvalue weighted by Crippen LogP contribution is -2.34. The number of rotatable bonds is 7. The summed E-state index contributed by atoms with van der Waals surface area (Å²) in [6.07, 6.45) is 0.331. The SMILES string of the molecule is CCOC(OCC)c1cn(CC(=O)N2CCOC2=O)nn1. The molecule has 2 amide bonds. The molecular weight excluding hydrogens is 280 g/mol. The third-order valence-electron chi connectivity index (χ3n) is 2.79. The predicted octanol–water partition coefficient (Wildman–Crippen LogP) is 0.328. The zero-order chi connectivity index (χ0) is 15.2. The van der Waals surface area contributed by atoms with Gasteiger partial charge in [-0.15, -0.1) is 5.10 Å². The first-order valence-electron chi connectivity index (χ1n) is 6.76. The van der Waals surface area contributed by atoms with Gasteiger partial charge in [0.05, 0.1) is 12.7 Å². The number of aromatic nitrogens is 3. The number of carbonyl (C=O) groups is 2. The van der Waals surface area contributed by atoms with Gasteiger partial charge in [-0.25, -0.2) is 14.4 Å². The molecule has 0 unspecified atom stereocenters. The van der Waals surface area contributed by atoms with E-state index in [1.807, 2.05) is 13.8 Å². The summed E-state index contributed by atoms with van der Waals surface area (Å²) < 4.78 is 16.8. The number of hydrogen-bond acceptors (Lipinski definition) is 7.